The molecule has 33 heavy (non-hydrogen) atoms. The van der Waals surface area contributed by atoms with Gasteiger partial charge in [-0.2, -0.15) is 0 Å². The lowest BCUT2D eigenvalue weighted by Gasteiger charge is -2.08. The summed E-state index contributed by atoms with van der Waals surface area (Å²) >= 11 is 4.50. The molecule has 1 amide bonds. The molecule has 4 rings (SSSR count). The molecule has 0 unspecified atom stereocenters. The first-order valence-electron chi connectivity index (χ1n) is 10.7. The first-order chi connectivity index (χ1) is 15.9. The standard InChI is InChI=1S/C23H26N4O3S3/c1-5-9-27-20(14-10-17(13(2)3)31-11-14)25-26-23(27)32-12-18(28)24-21-19(22(29)30-4)15-7-6-8-16(15)33-21/h5,10-11,13H,1,6-9,12H2,2-4H3,(H,24,28). The number of allylic oxidation sites excluding steroid dienone is 1. The van der Waals surface area contributed by atoms with Crippen molar-refractivity contribution >= 4 is 51.3 Å². The van der Waals surface area contributed by atoms with Crippen molar-refractivity contribution < 1.29 is 14.3 Å². The van der Waals surface area contributed by atoms with Crippen LogP contribution in [0.5, 0.6) is 0 Å². The molecule has 0 fully saturated rings. The number of aryl methyl sites for hydroxylation is 1. The second-order valence-electron chi connectivity index (χ2n) is 7.99. The van der Waals surface area contributed by atoms with Crippen LogP contribution in [0.15, 0.2) is 29.3 Å². The van der Waals surface area contributed by atoms with Gasteiger partial charge in [0.25, 0.3) is 0 Å². The Bertz CT molecular complexity index is 1190. The minimum atomic E-state index is -0.399. The average molecular weight is 503 g/mol. The van der Waals surface area contributed by atoms with E-state index in [0.29, 0.717) is 28.2 Å². The molecule has 10 heteroatoms. The summed E-state index contributed by atoms with van der Waals surface area (Å²) in [7, 11) is 1.37. The fourth-order valence-corrected chi connectivity index (χ4v) is 6.72. The van der Waals surface area contributed by atoms with Crippen molar-refractivity contribution in [3.63, 3.8) is 0 Å². The van der Waals surface area contributed by atoms with Crippen molar-refractivity contribution in [2.24, 2.45) is 0 Å². The number of carbonyl (C=O) groups is 2. The summed E-state index contributed by atoms with van der Waals surface area (Å²) in [5, 5.41) is 14.9. The van der Waals surface area contributed by atoms with Crippen molar-refractivity contribution in [2.45, 2.75) is 50.7 Å². The van der Waals surface area contributed by atoms with Gasteiger partial charge in [0, 0.05) is 27.2 Å². The summed E-state index contributed by atoms with van der Waals surface area (Å²) in [5.74, 6) is 0.773. The smallest absolute Gasteiger partial charge is 0.341 e. The minimum absolute atomic E-state index is 0.152. The van der Waals surface area contributed by atoms with Crippen LogP contribution in [0.4, 0.5) is 5.00 Å². The first-order valence-corrected chi connectivity index (χ1v) is 13.4. The third kappa shape index (κ3) is 4.92. The highest BCUT2D eigenvalue weighted by Gasteiger charge is 2.28. The number of rotatable bonds is 9. The number of nitrogens with one attached hydrogen (secondary N) is 1. The summed E-state index contributed by atoms with van der Waals surface area (Å²) in [4.78, 5) is 27.5. The van der Waals surface area contributed by atoms with Crippen molar-refractivity contribution in [1.29, 1.82) is 0 Å². The van der Waals surface area contributed by atoms with Gasteiger partial charge in [0.2, 0.25) is 5.91 Å². The summed E-state index contributed by atoms with van der Waals surface area (Å²) in [6, 6.07) is 2.14. The fourth-order valence-electron chi connectivity index (χ4n) is 3.78. The molecule has 0 aromatic carbocycles. The van der Waals surface area contributed by atoms with Crippen LogP contribution in [0.2, 0.25) is 0 Å². The molecule has 3 heterocycles. The van der Waals surface area contributed by atoms with E-state index in [4.69, 9.17) is 4.74 Å². The molecular weight excluding hydrogens is 476 g/mol. The highest BCUT2D eigenvalue weighted by molar-refractivity contribution is 7.99. The Morgan fingerprint density at radius 1 is 1.36 bits per heavy atom. The van der Waals surface area contributed by atoms with Gasteiger partial charge in [-0.3, -0.25) is 9.36 Å². The number of thioether (sulfide) groups is 1. The van der Waals surface area contributed by atoms with Gasteiger partial charge >= 0.3 is 5.97 Å². The maximum atomic E-state index is 12.7. The van der Waals surface area contributed by atoms with E-state index >= 15 is 0 Å². The monoisotopic (exact) mass is 502 g/mol. The number of hydrogen-bond acceptors (Lipinski definition) is 8. The van der Waals surface area contributed by atoms with Gasteiger partial charge in [-0.1, -0.05) is 31.7 Å². The molecule has 3 aromatic heterocycles. The number of esters is 1. The molecule has 174 valence electrons. The summed E-state index contributed by atoms with van der Waals surface area (Å²) in [5.41, 5.74) is 2.54. The highest BCUT2D eigenvalue weighted by atomic mass is 32.2. The van der Waals surface area contributed by atoms with E-state index < -0.39 is 5.97 Å². The number of fused-ring (bicyclic) bond motifs is 1. The summed E-state index contributed by atoms with van der Waals surface area (Å²) in [6.07, 6.45) is 4.60. The highest BCUT2D eigenvalue weighted by Crippen LogP contribution is 2.39. The molecule has 0 saturated carbocycles. The largest absolute Gasteiger partial charge is 0.465 e. The van der Waals surface area contributed by atoms with Gasteiger partial charge in [-0.05, 0) is 36.8 Å². The van der Waals surface area contributed by atoms with Crippen LogP contribution >= 0.6 is 34.4 Å². The van der Waals surface area contributed by atoms with Crippen molar-refractivity contribution in [1.82, 2.24) is 14.8 Å². The lowest BCUT2D eigenvalue weighted by atomic mass is 10.1. The normalized spacial score (nSPS) is 12.7. The Labute approximate surface area is 205 Å². The number of carbonyl (C=O) groups excluding carboxylic acids is 2. The van der Waals surface area contributed by atoms with Gasteiger partial charge in [0.15, 0.2) is 11.0 Å². The maximum absolute atomic E-state index is 12.7. The van der Waals surface area contributed by atoms with Gasteiger partial charge in [0.05, 0.1) is 18.4 Å². The number of anilines is 1. The molecule has 0 spiro atoms. The number of aromatic nitrogens is 3. The Morgan fingerprint density at radius 3 is 2.88 bits per heavy atom. The van der Waals surface area contributed by atoms with E-state index in [-0.39, 0.29) is 11.7 Å². The lowest BCUT2D eigenvalue weighted by molar-refractivity contribution is -0.113. The number of amides is 1. The Kier molecular flexibility index (Phi) is 7.35. The van der Waals surface area contributed by atoms with Crippen LogP contribution in [0.3, 0.4) is 0 Å². The zero-order chi connectivity index (χ0) is 23.5. The molecule has 0 bridgehead atoms. The number of thiophene rings is 2. The topological polar surface area (TPSA) is 86.1 Å². The zero-order valence-electron chi connectivity index (χ0n) is 18.8. The SMILES string of the molecule is C=CCn1c(SCC(=O)Nc2sc3c(c2C(=O)OC)CCC3)nnc1-c1csc(C(C)C)c1. The van der Waals surface area contributed by atoms with Crippen LogP contribution in [0.1, 0.15) is 51.9 Å². The van der Waals surface area contributed by atoms with Gasteiger partial charge in [-0.25, -0.2) is 4.79 Å². The molecule has 3 aromatic rings. The second kappa shape index (κ2) is 10.2. The van der Waals surface area contributed by atoms with E-state index in [2.05, 4.69) is 47.4 Å². The lowest BCUT2D eigenvalue weighted by Crippen LogP contribution is -2.16. The van der Waals surface area contributed by atoms with Crippen LogP contribution in [0, 0.1) is 0 Å². The quantitative estimate of drug-likeness (QED) is 0.240. The first kappa shape index (κ1) is 23.7. The van der Waals surface area contributed by atoms with E-state index in [1.807, 2.05) is 4.57 Å². The van der Waals surface area contributed by atoms with Crippen LogP contribution in [-0.2, 0) is 28.9 Å². The molecular formula is C23H26N4O3S3. The second-order valence-corrected chi connectivity index (χ2v) is 11.0. The molecule has 0 atom stereocenters. The van der Waals surface area contributed by atoms with E-state index in [1.54, 1.807) is 17.4 Å². The molecule has 1 aliphatic rings. The van der Waals surface area contributed by atoms with Gasteiger partial charge < -0.3 is 10.1 Å². The Morgan fingerprint density at radius 2 is 2.18 bits per heavy atom. The molecule has 0 saturated heterocycles. The Balaban J connectivity index is 1.48. The summed E-state index contributed by atoms with van der Waals surface area (Å²) < 4.78 is 6.93. The number of ether oxygens (including phenoxy) is 1. The third-order valence-electron chi connectivity index (χ3n) is 5.37. The fraction of sp³-hybridized carbons (Fsp3) is 0.391. The average Bonchev–Trinajstić information content (AvgIpc) is 3.55. The van der Waals surface area contributed by atoms with E-state index in [9.17, 15) is 9.59 Å². The van der Waals surface area contributed by atoms with Crippen LogP contribution in [0.25, 0.3) is 11.4 Å². The third-order valence-corrected chi connectivity index (χ3v) is 8.78. The van der Waals surface area contributed by atoms with Crippen LogP contribution < -0.4 is 5.32 Å². The molecule has 0 aliphatic heterocycles. The van der Waals surface area contributed by atoms with E-state index in [1.165, 1.54) is 35.1 Å². The van der Waals surface area contributed by atoms with Crippen molar-refractivity contribution in [3.05, 3.63) is 45.0 Å². The predicted molar refractivity (Wildman–Crippen MR) is 135 cm³/mol. The molecule has 7 nitrogen and oxygen atoms in total. The van der Waals surface area contributed by atoms with E-state index in [0.717, 1.165) is 41.1 Å². The molecule has 1 aliphatic carbocycles. The number of hydrogen-bond donors (Lipinski definition) is 1. The van der Waals surface area contributed by atoms with Gasteiger partial charge in [0.1, 0.15) is 5.00 Å². The predicted octanol–water partition coefficient (Wildman–Crippen LogP) is 5.38. The minimum Gasteiger partial charge on any atom is -0.465 e. The molecule has 1 N–H and O–H groups in total. The number of nitrogens with zero attached hydrogens (tertiary/aromatic N) is 3. The van der Waals surface area contributed by atoms with Crippen molar-refractivity contribution in [2.75, 3.05) is 18.2 Å². The zero-order valence-corrected chi connectivity index (χ0v) is 21.3. The molecule has 0 radical (unpaired) electrons. The Hall–Kier alpha value is -2.43. The van der Waals surface area contributed by atoms with Crippen LogP contribution in [-0.4, -0.2) is 39.5 Å². The van der Waals surface area contributed by atoms with Gasteiger partial charge in [-0.15, -0.1) is 39.4 Å². The summed E-state index contributed by atoms with van der Waals surface area (Å²) in [6.45, 7) is 8.72. The number of methoxy groups -OCH3 is 1. The van der Waals surface area contributed by atoms with Crippen molar-refractivity contribution in [3.8, 4) is 11.4 Å². The maximum Gasteiger partial charge on any atom is 0.341 e.